The summed E-state index contributed by atoms with van der Waals surface area (Å²) in [7, 11) is 0. The number of anilines is 1. The second kappa shape index (κ2) is 5.09. The first-order valence-electron chi connectivity index (χ1n) is 6.10. The van der Waals surface area contributed by atoms with E-state index in [1.807, 2.05) is 12.1 Å². The molecule has 17 heavy (non-hydrogen) atoms. The summed E-state index contributed by atoms with van der Waals surface area (Å²) >= 11 is 0. The van der Waals surface area contributed by atoms with E-state index in [2.05, 4.69) is 31.3 Å². The van der Waals surface area contributed by atoms with Crippen LogP contribution in [0.2, 0.25) is 0 Å². The van der Waals surface area contributed by atoms with Crippen molar-refractivity contribution in [3.8, 4) is 11.8 Å². The molecule has 1 heterocycles. The molecule has 0 spiro atoms. The van der Waals surface area contributed by atoms with Crippen LogP contribution in [0.15, 0.2) is 18.2 Å². The Morgan fingerprint density at radius 3 is 3.00 bits per heavy atom. The number of nitrogens with one attached hydrogen (secondary N) is 1. The van der Waals surface area contributed by atoms with E-state index in [1.54, 1.807) is 0 Å². The van der Waals surface area contributed by atoms with E-state index in [-0.39, 0.29) is 5.92 Å². The Labute approximate surface area is 102 Å². The molecular formula is C14H18N2O. The van der Waals surface area contributed by atoms with Gasteiger partial charge in [-0.25, -0.2) is 0 Å². The van der Waals surface area contributed by atoms with Gasteiger partial charge in [0.2, 0.25) is 0 Å². The SMILES string of the molecule is CC(C)C(C#N)CNc1ccc2c(c1)CCO2. The maximum Gasteiger partial charge on any atom is 0.122 e. The van der Waals surface area contributed by atoms with Crippen LogP contribution in [0.25, 0.3) is 0 Å². The number of ether oxygens (including phenoxy) is 1. The lowest BCUT2D eigenvalue weighted by atomic mass is 9.97. The molecule has 3 heteroatoms. The Hall–Kier alpha value is -1.69. The van der Waals surface area contributed by atoms with Crippen LogP contribution in [-0.4, -0.2) is 13.2 Å². The van der Waals surface area contributed by atoms with Gasteiger partial charge in [0.15, 0.2) is 0 Å². The summed E-state index contributed by atoms with van der Waals surface area (Å²) < 4.78 is 5.46. The minimum Gasteiger partial charge on any atom is -0.493 e. The highest BCUT2D eigenvalue weighted by Gasteiger charge is 2.14. The van der Waals surface area contributed by atoms with Crippen molar-refractivity contribution in [2.75, 3.05) is 18.5 Å². The van der Waals surface area contributed by atoms with Gasteiger partial charge in [-0.15, -0.1) is 0 Å². The van der Waals surface area contributed by atoms with Crippen molar-refractivity contribution in [3.05, 3.63) is 23.8 Å². The van der Waals surface area contributed by atoms with Crippen LogP contribution >= 0.6 is 0 Å². The fourth-order valence-corrected chi connectivity index (χ4v) is 1.95. The fraction of sp³-hybridized carbons (Fsp3) is 0.500. The van der Waals surface area contributed by atoms with E-state index in [9.17, 15) is 0 Å². The molecule has 0 saturated carbocycles. The van der Waals surface area contributed by atoms with Gasteiger partial charge in [0.1, 0.15) is 5.75 Å². The molecule has 1 aromatic carbocycles. The van der Waals surface area contributed by atoms with E-state index in [0.717, 1.165) is 24.5 Å². The lowest BCUT2D eigenvalue weighted by Crippen LogP contribution is -2.17. The highest BCUT2D eigenvalue weighted by atomic mass is 16.5. The molecule has 90 valence electrons. The first-order valence-corrected chi connectivity index (χ1v) is 6.10. The largest absolute Gasteiger partial charge is 0.493 e. The molecule has 1 aliphatic rings. The zero-order chi connectivity index (χ0) is 12.3. The average molecular weight is 230 g/mol. The molecule has 0 fully saturated rings. The van der Waals surface area contributed by atoms with Crippen molar-refractivity contribution in [1.29, 1.82) is 5.26 Å². The normalized spacial score (nSPS) is 14.9. The Balaban J connectivity index is 1.98. The van der Waals surface area contributed by atoms with Crippen LogP contribution in [0.3, 0.4) is 0 Å². The predicted octanol–water partition coefficient (Wildman–Crippen LogP) is 2.83. The van der Waals surface area contributed by atoms with Crippen LogP contribution in [0, 0.1) is 23.2 Å². The predicted molar refractivity (Wildman–Crippen MR) is 68.1 cm³/mol. The Morgan fingerprint density at radius 2 is 2.29 bits per heavy atom. The third-order valence-corrected chi connectivity index (χ3v) is 3.19. The number of fused-ring (bicyclic) bond motifs is 1. The molecule has 0 amide bonds. The quantitative estimate of drug-likeness (QED) is 0.865. The van der Waals surface area contributed by atoms with E-state index < -0.39 is 0 Å². The lowest BCUT2D eigenvalue weighted by Gasteiger charge is -2.15. The molecular weight excluding hydrogens is 212 g/mol. The van der Waals surface area contributed by atoms with Gasteiger partial charge >= 0.3 is 0 Å². The number of hydrogen-bond acceptors (Lipinski definition) is 3. The third-order valence-electron chi connectivity index (χ3n) is 3.19. The molecule has 0 aromatic heterocycles. The number of rotatable bonds is 4. The Kier molecular flexibility index (Phi) is 3.53. The summed E-state index contributed by atoms with van der Waals surface area (Å²) in [5.74, 6) is 1.43. The molecule has 1 unspecified atom stereocenters. The van der Waals surface area contributed by atoms with Crippen molar-refractivity contribution in [3.63, 3.8) is 0 Å². The van der Waals surface area contributed by atoms with Crippen LogP contribution in [0.5, 0.6) is 5.75 Å². The smallest absolute Gasteiger partial charge is 0.122 e. The van der Waals surface area contributed by atoms with Crippen LogP contribution in [0.4, 0.5) is 5.69 Å². The Morgan fingerprint density at radius 1 is 1.47 bits per heavy atom. The molecule has 1 aliphatic heterocycles. The van der Waals surface area contributed by atoms with Crippen LogP contribution in [0.1, 0.15) is 19.4 Å². The molecule has 0 saturated heterocycles. The van der Waals surface area contributed by atoms with Crippen molar-refractivity contribution >= 4 is 5.69 Å². The lowest BCUT2D eigenvalue weighted by molar-refractivity contribution is 0.357. The molecule has 1 N–H and O–H groups in total. The van der Waals surface area contributed by atoms with Gasteiger partial charge in [0.25, 0.3) is 0 Å². The van der Waals surface area contributed by atoms with E-state index >= 15 is 0 Å². The molecule has 0 bridgehead atoms. The molecule has 1 atom stereocenters. The first kappa shape index (κ1) is 11.8. The van der Waals surface area contributed by atoms with Crippen LogP contribution < -0.4 is 10.1 Å². The standard InChI is InChI=1S/C14H18N2O/c1-10(2)12(8-15)9-16-13-3-4-14-11(7-13)5-6-17-14/h3-4,7,10,12,16H,5-6,9H2,1-2H3. The van der Waals surface area contributed by atoms with Crippen molar-refractivity contribution in [1.82, 2.24) is 0 Å². The highest BCUT2D eigenvalue weighted by Crippen LogP contribution is 2.28. The van der Waals surface area contributed by atoms with Crippen molar-refractivity contribution < 1.29 is 4.74 Å². The highest BCUT2D eigenvalue weighted by molar-refractivity contribution is 5.52. The second-order valence-electron chi connectivity index (χ2n) is 4.78. The van der Waals surface area contributed by atoms with Gasteiger partial charge in [-0.2, -0.15) is 5.26 Å². The van der Waals surface area contributed by atoms with E-state index in [4.69, 9.17) is 10.00 Å². The van der Waals surface area contributed by atoms with Crippen molar-refractivity contribution in [2.45, 2.75) is 20.3 Å². The van der Waals surface area contributed by atoms with Gasteiger partial charge in [0.05, 0.1) is 18.6 Å². The van der Waals surface area contributed by atoms with Crippen molar-refractivity contribution in [2.24, 2.45) is 11.8 Å². The molecule has 0 radical (unpaired) electrons. The number of benzene rings is 1. The Bertz CT molecular complexity index is 434. The third kappa shape index (κ3) is 2.71. The summed E-state index contributed by atoms with van der Waals surface area (Å²) in [6.45, 7) is 5.64. The zero-order valence-corrected chi connectivity index (χ0v) is 10.4. The maximum atomic E-state index is 9.02. The summed E-state index contributed by atoms with van der Waals surface area (Å²) in [6, 6.07) is 8.47. The van der Waals surface area contributed by atoms with E-state index in [1.165, 1.54) is 5.56 Å². The van der Waals surface area contributed by atoms with E-state index in [0.29, 0.717) is 12.5 Å². The van der Waals surface area contributed by atoms with Gasteiger partial charge < -0.3 is 10.1 Å². The molecule has 3 nitrogen and oxygen atoms in total. The first-order chi connectivity index (χ1) is 8.20. The van der Waals surface area contributed by atoms with Gasteiger partial charge in [-0.1, -0.05) is 13.8 Å². The minimum atomic E-state index is 0.0551. The number of nitrogens with zero attached hydrogens (tertiary/aromatic N) is 1. The maximum absolute atomic E-state index is 9.02. The fourth-order valence-electron chi connectivity index (χ4n) is 1.95. The monoisotopic (exact) mass is 230 g/mol. The summed E-state index contributed by atoms with van der Waals surface area (Å²) in [5, 5.41) is 12.3. The summed E-state index contributed by atoms with van der Waals surface area (Å²) in [5.41, 5.74) is 2.34. The number of hydrogen-bond donors (Lipinski definition) is 1. The number of nitriles is 1. The molecule has 0 aliphatic carbocycles. The minimum absolute atomic E-state index is 0.0551. The van der Waals surface area contributed by atoms with Gasteiger partial charge in [-0.3, -0.25) is 0 Å². The van der Waals surface area contributed by atoms with Gasteiger partial charge in [-0.05, 0) is 29.7 Å². The molecule has 1 aromatic rings. The molecule has 2 rings (SSSR count). The summed E-state index contributed by atoms with van der Waals surface area (Å²) in [4.78, 5) is 0. The zero-order valence-electron chi connectivity index (χ0n) is 10.4. The summed E-state index contributed by atoms with van der Waals surface area (Å²) in [6.07, 6.45) is 0.983. The topological polar surface area (TPSA) is 45.0 Å². The second-order valence-corrected chi connectivity index (χ2v) is 4.78. The van der Waals surface area contributed by atoms with Gasteiger partial charge in [0, 0.05) is 18.7 Å². The van der Waals surface area contributed by atoms with Crippen LogP contribution in [-0.2, 0) is 6.42 Å². The average Bonchev–Trinajstić information content (AvgIpc) is 2.76.